The number of quaternary nitrogens is 1. The number of hydrogen-bond donors (Lipinski definition) is 2. The molecule has 2 amide bonds. The number of rotatable bonds is 8. The number of nitrogens with one attached hydrogen (secondary N) is 2. The lowest BCUT2D eigenvalue weighted by molar-refractivity contribution is -0.765. The van der Waals surface area contributed by atoms with Crippen molar-refractivity contribution in [2.24, 2.45) is 10.1 Å². The first-order valence-corrected chi connectivity index (χ1v) is 9.44. The third-order valence-electron chi connectivity index (χ3n) is 4.50. The summed E-state index contributed by atoms with van der Waals surface area (Å²) >= 11 is 0. The molecule has 2 N–H and O–H groups in total. The molecule has 9 heteroatoms. The molecule has 0 aromatic heterocycles. The highest BCUT2D eigenvalue weighted by molar-refractivity contribution is 6.04. The minimum absolute atomic E-state index is 0.0983. The van der Waals surface area contributed by atoms with Gasteiger partial charge in [-0.1, -0.05) is 18.1 Å². The summed E-state index contributed by atoms with van der Waals surface area (Å²) in [6, 6.07) is 8.96. The fourth-order valence-electron chi connectivity index (χ4n) is 3.06. The zero-order valence-corrected chi connectivity index (χ0v) is 16.4. The van der Waals surface area contributed by atoms with Crippen molar-refractivity contribution < 1.29 is 19.3 Å². The van der Waals surface area contributed by atoms with Crippen LogP contribution in [0.15, 0.2) is 45.8 Å². The van der Waals surface area contributed by atoms with Crippen molar-refractivity contribution in [3.8, 4) is 11.8 Å². The summed E-state index contributed by atoms with van der Waals surface area (Å²) in [5.74, 6) is 0.890. The van der Waals surface area contributed by atoms with Crippen molar-refractivity contribution >= 4 is 24.0 Å². The zero-order chi connectivity index (χ0) is 20.8. The Kier molecular flexibility index (Phi) is 6.36. The maximum atomic E-state index is 12.7. The van der Waals surface area contributed by atoms with Gasteiger partial charge in [-0.25, -0.2) is 0 Å². The third kappa shape index (κ3) is 4.67. The van der Waals surface area contributed by atoms with E-state index in [0.29, 0.717) is 53.7 Å². The lowest BCUT2D eigenvalue weighted by Gasteiger charge is -2.22. The van der Waals surface area contributed by atoms with Crippen molar-refractivity contribution in [1.82, 2.24) is 10.2 Å². The van der Waals surface area contributed by atoms with E-state index in [-0.39, 0.29) is 18.4 Å². The number of nitriles is 1. The lowest BCUT2D eigenvalue weighted by atomic mass is 10.2. The van der Waals surface area contributed by atoms with E-state index in [2.05, 4.69) is 21.5 Å². The van der Waals surface area contributed by atoms with Crippen molar-refractivity contribution in [1.29, 1.82) is 5.26 Å². The summed E-state index contributed by atoms with van der Waals surface area (Å²) < 4.78 is 5.57. The topological polar surface area (TPSA) is 112 Å². The number of carbonyl (C=O) groups is 2. The monoisotopic (exact) mass is 395 g/mol. The zero-order valence-electron chi connectivity index (χ0n) is 16.4. The number of amides is 2. The number of hydrogen-bond acceptors (Lipinski definition) is 6. The first kappa shape index (κ1) is 20.2. The van der Waals surface area contributed by atoms with E-state index in [4.69, 9.17) is 10.00 Å². The molecule has 0 bridgehead atoms. The van der Waals surface area contributed by atoms with Gasteiger partial charge in [-0.2, -0.15) is 10.3 Å². The average Bonchev–Trinajstić information content (AvgIpc) is 3.06. The normalized spacial score (nSPS) is 17.7. The quantitative estimate of drug-likeness (QED) is 0.611. The largest absolute Gasteiger partial charge is 0.493 e. The Morgan fingerprint density at radius 2 is 2.24 bits per heavy atom. The smallest absolute Gasteiger partial charge is 0.318 e. The van der Waals surface area contributed by atoms with Crippen LogP contribution in [-0.4, -0.2) is 48.6 Å². The number of benzene rings is 1. The molecule has 150 valence electrons. The second-order valence-corrected chi connectivity index (χ2v) is 6.59. The first-order chi connectivity index (χ1) is 14.0. The van der Waals surface area contributed by atoms with Gasteiger partial charge < -0.3 is 10.1 Å². The Bertz CT molecular complexity index is 944. The minimum Gasteiger partial charge on any atom is -0.493 e. The second-order valence-electron chi connectivity index (χ2n) is 6.59. The molecule has 0 aliphatic carbocycles. The van der Waals surface area contributed by atoms with E-state index in [0.717, 1.165) is 5.84 Å². The number of ether oxygens (including phenoxy) is 1. The minimum atomic E-state index is -0.271. The molecular formula is C20H23N6O3+. The molecule has 1 aromatic rings. The van der Waals surface area contributed by atoms with Gasteiger partial charge in [0, 0.05) is 13.0 Å². The Morgan fingerprint density at radius 3 is 3.00 bits per heavy atom. The highest BCUT2D eigenvalue weighted by atomic mass is 16.5. The van der Waals surface area contributed by atoms with E-state index in [9.17, 15) is 9.59 Å². The highest BCUT2D eigenvalue weighted by Crippen LogP contribution is 2.13. The fraction of sp³-hybridized carbons (Fsp3) is 0.350. The van der Waals surface area contributed by atoms with Crippen LogP contribution in [0.1, 0.15) is 32.3 Å². The van der Waals surface area contributed by atoms with Gasteiger partial charge in [0.05, 0.1) is 18.2 Å². The molecule has 3 rings (SSSR count). The maximum Gasteiger partial charge on any atom is 0.318 e. The Balaban J connectivity index is 1.42. The molecule has 1 unspecified atom stereocenters. The lowest BCUT2D eigenvalue weighted by Crippen LogP contribution is -3.09. The van der Waals surface area contributed by atoms with Gasteiger partial charge in [0.1, 0.15) is 18.0 Å². The molecule has 0 fully saturated rings. The van der Waals surface area contributed by atoms with Gasteiger partial charge in [-0.05, 0) is 31.5 Å². The van der Waals surface area contributed by atoms with Gasteiger partial charge in [0.15, 0.2) is 6.34 Å². The molecule has 2 aliphatic rings. The number of allylic oxidation sites excluding steroid dienone is 1. The van der Waals surface area contributed by atoms with Gasteiger partial charge in [-0.15, -0.1) is 5.01 Å². The summed E-state index contributed by atoms with van der Waals surface area (Å²) in [7, 11) is 0. The molecule has 0 saturated heterocycles. The number of aliphatic imine (C=N–C) groups is 1. The van der Waals surface area contributed by atoms with E-state index in [1.807, 2.05) is 6.92 Å². The maximum absolute atomic E-state index is 12.7. The van der Waals surface area contributed by atoms with Crippen LogP contribution in [-0.2, 0) is 9.59 Å². The van der Waals surface area contributed by atoms with Crippen LogP contribution in [0.4, 0.5) is 0 Å². The van der Waals surface area contributed by atoms with E-state index in [1.54, 1.807) is 31.2 Å². The van der Waals surface area contributed by atoms with E-state index in [1.165, 1.54) is 11.2 Å². The predicted molar refractivity (Wildman–Crippen MR) is 106 cm³/mol. The molecule has 9 nitrogen and oxygen atoms in total. The number of carbonyl (C=O) groups excluding carboxylic acids is 2. The standard InChI is InChI=1S/C20H22N6O3/c1-3-17-24-14(2)19-20(28)25(13-23-26(17)19)12-18(27)22-8-5-9-29-16-7-4-6-15(10-16)11-21/h4,6-7,10,13H,3,5,8-9,12H2,1-2H3,(H,22,27)/p+1. The van der Waals surface area contributed by atoms with Gasteiger partial charge in [0.2, 0.25) is 11.7 Å². The van der Waals surface area contributed by atoms with Crippen LogP contribution >= 0.6 is 0 Å². The van der Waals surface area contributed by atoms with Gasteiger partial charge in [0.25, 0.3) is 5.70 Å². The molecule has 1 aromatic carbocycles. The predicted octanol–water partition coefficient (Wildman–Crippen LogP) is 0.167. The molecule has 0 spiro atoms. The van der Waals surface area contributed by atoms with Gasteiger partial charge in [-0.3, -0.25) is 14.5 Å². The van der Waals surface area contributed by atoms with Crippen LogP contribution in [0, 0.1) is 11.3 Å². The molecule has 2 aliphatic heterocycles. The van der Waals surface area contributed by atoms with Crippen LogP contribution in [0.25, 0.3) is 0 Å². The van der Waals surface area contributed by atoms with Crippen LogP contribution in [0.5, 0.6) is 5.75 Å². The summed E-state index contributed by atoms with van der Waals surface area (Å²) in [4.78, 5) is 30.5. The highest BCUT2D eigenvalue weighted by Gasteiger charge is 2.41. The Morgan fingerprint density at radius 1 is 1.41 bits per heavy atom. The summed E-state index contributed by atoms with van der Waals surface area (Å²) in [5.41, 5.74) is 1.65. The number of amidine groups is 1. The second kappa shape index (κ2) is 9.12. The fourth-order valence-corrected chi connectivity index (χ4v) is 3.06. The molecule has 0 saturated carbocycles. The molecule has 29 heavy (non-hydrogen) atoms. The first-order valence-electron chi connectivity index (χ1n) is 9.44. The molecule has 2 heterocycles. The number of fused-ring (bicyclic) bond motifs is 1. The SMILES string of the molecule is CCC1=NC(C)=C2C(=O)N(CC(=O)NCCCOc3cccc(C#N)c3)C=N[NH+]12. The van der Waals surface area contributed by atoms with Crippen molar-refractivity contribution in [2.75, 3.05) is 19.7 Å². The van der Waals surface area contributed by atoms with Crippen LogP contribution in [0.2, 0.25) is 0 Å². The van der Waals surface area contributed by atoms with Crippen molar-refractivity contribution in [3.05, 3.63) is 41.2 Å². The van der Waals surface area contributed by atoms with E-state index >= 15 is 0 Å². The van der Waals surface area contributed by atoms with Crippen molar-refractivity contribution in [3.63, 3.8) is 0 Å². The van der Waals surface area contributed by atoms with Crippen LogP contribution < -0.4 is 15.1 Å². The van der Waals surface area contributed by atoms with E-state index < -0.39 is 0 Å². The van der Waals surface area contributed by atoms with Gasteiger partial charge >= 0.3 is 5.91 Å². The Hall–Kier alpha value is -3.51. The average molecular weight is 395 g/mol. The van der Waals surface area contributed by atoms with Crippen molar-refractivity contribution in [2.45, 2.75) is 26.7 Å². The summed E-state index contributed by atoms with van der Waals surface area (Å²) in [6.45, 7) is 4.46. The number of nitrogens with zero attached hydrogens (tertiary/aromatic N) is 4. The third-order valence-corrected chi connectivity index (χ3v) is 4.50. The van der Waals surface area contributed by atoms with Crippen LogP contribution in [0.3, 0.4) is 0 Å². The Labute approximate surface area is 168 Å². The summed E-state index contributed by atoms with van der Waals surface area (Å²) in [6.07, 6.45) is 2.69. The molecule has 0 radical (unpaired) electrons. The summed E-state index contributed by atoms with van der Waals surface area (Å²) in [5, 5.41) is 16.6. The molecule has 1 atom stereocenters. The molecular weight excluding hydrogens is 372 g/mol.